The quantitative estimate of drug-likeness (QED) is 0.888. The molecule has 2 aromatic carbocycles. The van der Waals surface area contributed by atoms with Gasteiger partial charge in [-0.25, -0.2) is 4.39 Å². The first-order valence-electron chi connectivity index (χ1n) is 5.66. The first-order chi connectivity index (χ1) is 9.10. The Morgan fingerprint density at radius 3 is 2.53 bits per heavy atom. The van der Waals surface area contributed by atoms with Crippen LogP contribution in [0, 0.1) is 5.82 Å². The predicted molar refractivity (Wildman–Crippen MR) is 75.7 cm³/mol. The van der Waals surface area contributed by atoms with E-state index >= 15 is 0 Å². The van der Waals surface area contributed by atoms with Crippen LogP contribution in [-0.2, 0) is 6.54 Å². The lowest BCUT2D eigenvalue weighted by Gasteiger charge is -2.09. The van der Waals surface area contributed by atoms with Gasteiger partial charge in [0.15, 0.2) is 11.6 Å². The Bertz CT molecular complexity index is 590. The Hall–Kier alpha value is -1.29. The summed E-state index contributed by atoms with van der Waals surface area (Å²) >= 11 is 11.7. The smallest absolute Gasteiger partial charge is 0.166 e. The van der Waals surface area contributed by atoms with Crippen LogP contribution in [0.2, 0.25) is 10.0 Å². The third kappa shape index (κ3) is 3.60. The number of nitrogens with one attached hydrogen (secondary N) is 1. The van der Waals surface area contributed by atoms with Crippen LogP contribution in [0.4, 0.5) is 4.39 Å². The molecule has 1 N–H and O–H groups in total. The van der Waals surface area contributed by atoms with E-state index < -0.39 is 5.82 Å². The predicted octanol–water partition coefficient (Wildman–Crippen LogP) is 4.64. The molecular formula is C14H12Cl2FNO. The highest BCUT2D eigenvalue weighted by atomic mass is 35.5. The molecule has 0 atom stereocenters. The molecular weight excluding hydrogens is 288 g/mol. The van der Waals surface area contributed by atoms with Gasteiger partial charge in [-0.2, -0.15) is 0 Å². The fraction of sp³-hybridized carbons (Fsp3) is 0.143. The van der Waals surface area contributed by atoms with Crippen molar-refractivity contribution in [1.29, 1.82) is 0 Å². The minimum atomic E-state index is -0.418. The average Bonchev–Trinajstić information content (AvgIpc) is 2.37. The van der Waals surface area contributed by atoms with Crippen LogP contribution in [0.3, 0.4) is 0 Å². The minimum Gasteiger partial charge on any atom is -0.454 e. The highest BCUT2D eigenvalue weighted by Crippen LogP contribution is 2.30. The lowest BCUT2D eigenvalue weighted by atomic mass is 10.2. The van der Waals surface area contributed by atoms with Gasteiger partial charge < -0.3 is 10.1 Å². The zero-order chi connectivity index (χ0) is 13.8. The van der Waals surface area contributed by atoms with Crippen molar-refractivity contribution in [3.63, 3.8) is 0 Å². The Morgan fingerprint density at radius 1 is 1.11 bits per heavy atom. The molecule has 0 aliphatic rings. The summed E-state index contributed by atoms with van der Waals surface area (Å²) in [6, 6.07) is 9.60. The lowest BCUT2D eigenvalue weighted by molar-refractivity contribution is 0.441. The second kappa shape index (κ2) is 6.24. The van der Waals surface area contributed by atoms with Gasteiger partial charge in [0.25, 0.3) is 0 Å². The molecule has 0 saturated heterocycles. The first kappa shape index (κ1) is 14.1. The zero-order valence-electron chi connectivity index (χ0n) is 10.2. The topological polar surface area (TPSA) is 21.3 Å². The van der Waals surface area contributed by atoms with Crippen molar-refractivity contribution in [1.82, 2.24) is 5.32 Å². The highest BCUT2D eigenvalue weighted by Gasteiger charge is 2.07. The third-order valence-electron chi connectivity index (χ3n) is 2.50. The minimum absolute atomic E-state index is 0.151. The van der Waals surface area contributed by atoms with Crippen molar-refractivity contribution in [2.24, 2.45) is 0 Å². The van der Waals surface area contributed by atoms with Crippen molar-refractivity contribution in [2.45, 2.75) is 6.54 Å². The SMILES string of the molecule is CNCc1ccc(Oc2ccc(Cl)c(Cl)c2)c(F)c1. The van der Waals surface area contributed by atoms with Gasteiger partial charge in [0.1, 0.15) is 5.75 Å². The molecule has 19 heavy (non-hydrogen) atoms. The summed E-state index contributed by atoms with van der Waals surface area (Å²) in [5, 5.41) is 3.75. The van der Waals surface area contributed by atoms with Crippen LogP contribution in [0.5, 0.6) is 11.5 Å². The highest BCUT2D eigenvalue weighted by molar-refractivity contribution is 6.42. The number of hydrogen-bond donors (Lipinski definition) is 1. The summed E-state index contributed by atoms with van der Waals surface area (Å²) in [7, 11) is 1.80. The number of benzene rings is 2. The molecule has 2 aromatic rings. The largest absolute Gasteiger partial charge is 0.454 e. The van der Waals surface area contributed by atoms with Gasteiger partial charge in [0.2, 0.25) is 0 Å². The van der Waals surface area contributed by atoms with Crippen LogP contribution in [0.25, 0.3) is 0 Å². The van der Waals surface area contributed by atoms with E-state index in [4.69, 9.17) is 27.9 Å². The first-order valence-corrected chi connectivity index (χ1v) is 6.41. The number of ether oxygens (including phenoxy) is 1. The summed E-state index contributed by atoms with van der Waals surface area (Å²) in [6.45, 7) is 0.601. The molecule has 0 bridgehead atoms. The van der Waals surface area contributed by atoms with Crippen LogP contribution >= 0.6 is 23.2 Å². The van der Waals surface area contributed by atoms with E-state index in [0.29, 0.717) is 22.3 Å². The van der Waals surface area contributed by atoms with Gasteiger partial charge in [-0.15, -0.1) is 0 Å². The zero-order valence-corrected chi connectivity index (χ0v) is 11.7. The second-order valence-electron chi connectivity index (χ2n) is 3.97. The van der Waals surface area contributed by atoms with Crippen LogP contribution in [0.1, 0.15) is 5.56 Å². The van der Waals surface area contributed by atoms with Crippen LogP contribution in [0.15, 0.2) is 36.4 Å². The molecule has 0 saturated carbocycles. The van der Waals surface area contributed by atoms with Gasteiger partial charge in [0, 0.05) is 12.6 Å². The number of rotatable bonds is 4. The maximum absolute atomic E-state index is 13.8. The van der Waals surface area contributed by atoms with Gasteiger partial charge in [-0.3, -0.25) is 0 Å². The second-order valence-corrected chi connectivity index (χ2v) is 4.79. The lowest BCUT2D eigenvalue weighted by Crippen LogP contribution is -2.05. The molecule has 0 spiro atoms. The Kier molecular flexibility index (Phi) is 4.64. The molecule has 5 heteroatoms. The van der Waals surface area contributed by atoms with Gasteiger partial charge in [0.05, 0.1) is 10.0 Å². The van der Waals surface area contributed by atoms with Crippen molar-refractivity contribution in [3.05, 3.63) is 57.8 Å². The monoisotopic (exact) mass is 299 g/mol. The van der Waals surface area contributed by atoms with Gasteiger partial charge in [-0.05, 0) is 36.9 Å². The van der Waals surface area contributed by atoms with Crippen molar-refractivity contribution < 1.29 is 9.13 Å². The molecule has 0 unspecified atom stereocenters. The Morgan fingerprint density at radius 2 is 1.89 bits per heavy atom. The fourth-order valence-corrected chi connectivity index (χ4v) is 1.90. The average molecular weight is 300 g/mol. The molecule has 0 heterocycles. The standard InChI is InChI=1S/C14H12Cl2FNO/c1-18-8-9-2-5-14(13(17)6-9)19-10-3-4-11(15)12(16)7-10/h2-7,18H,8H2,1H3. The molecule has 0 fully saturated rings. The van der Waals surface area contributed by atoms with Gasteiger partial charge in [-0.1, -0.05) is 29.3 Å². The molecule has 0 amide bonds. The van der Waals surface area contributed by atoms with E-state index in [-0.39, 0.29) is 5.75 Å². The normalized spacial score (nSPS) is 10.5. The Balaban J connectivity index is 2.20. The van der Waals surface area contributed by atoms with Crippen molar-refractivity contribution in [2.75, 3.05) is 7.05 Å². The van der Waals surface area contributed by atoms with E-state index in [1.165, 1.54) is 6.07 Å². The molecule has 0 aromatic heterocycles. The molecule has 2 nitrogen and oxygen atoms in total. The van der Waals surface area contributed by atoms with Crippen LogP contribution in [-0.4, -0.2) is 7.05 Å². The molecule has 0 aliphatic heterocycles. The number of halogens is 3. The van der Waals surface area contributed by atoms with Crippen molar-refractivity contribution >= 4 is 23.2 Å². The summed E-state index contributed by atoms with van der Waals surface area (Å²) in [5.41, 5.74) is 0.849. The summed E-state index contributed by atoms with van der Waals surface area (Å²) in [4.78, 5) is 0. The maximum Gasteiger partial charge on any atom is 0.166 e. The van der Waals surface area contributed by atoms with E-state index in [0.717, 1.165) is 5.56 Å². The molecule has 100 valence electrons. The van der Waals surface area contributed by atoms with E-state index in [2.05, 4.69) is 5.32 Å². The molecule has 0 radical (unpaired) electrons. The van der Waals surface area contributed by atoms with Crippen molar-refractivity contribution in [3.8, 4) is 11.5 Å². The fourth-order valence-electron chi connectivity index (χ4n) is 1.61. The maximum atomic E-state index is 13.8. The van der Waals surface area contributed by atoms with E-state index in [1.807, 2.05) is 0 Å². The summed E-state index contributed by atoms with van der Waals surface area (Å²) in [6.07, 6.45) is 0. The molecule has 0 aliphatic carbocycles. The molecule has 2 rings (SSSR count). The summed E-state index contributed by atoms with van der Waals surface area (Å²) in [5.74, 6) is 0.173. The summed E-state index contributed by atoms with van der Waals surface area (Å²) < 4.78 is 19.3. The van der Waals surface area contributed by atoms with E-state index in [9.17, 15) is 4.39 Å². The van der Waals surface area contributed by atoms with Gasteiger partial charge >= 0.3 is 0 Å². The third-order valence-corrected chi connectivity index (χ3v) is 3.24. The number of hydrogen-bond acceptors (Lipinski definition) is 2. The van der Waals surface area contributed by atoms with E-state index in [1.54, 1.807) is 37.4 Å². The Labute approximate surface area is 121 Å². The van der Waals surface area contributed by atoms with Crippen LogP contribution < -0.4 is 10.1 Å².